The van der Waals surface area contributed by atoms with Gasteiger partial charge in [0.1, 0.15) is 6.84 Å². The molecule has 0 fully saturated rings. The molecule has 0 aromatic carbocycles. The molecule has 0 amide bonds. The van der Waals surface area contributed by atoms with Gasteiger partial charge in [-0.1, -0.05) is 45.2 Å². The highest BCUT2D eigenvalue weighted by Gasteiger charge is 2.36. The summed E-state index contributed by atoms with van der Waals surface area (Å²) in [5.41, 5.74) is 0. The number of alkyl halides is 2. The molecule has 2 N–H and O–H groups in total. The first-order valence-electron chi connectivity index (χ1n) is 3.94. The molecule has 0 saturated carbocycles. The first-order chi connectivity index (χ1) is 6.09. The lowest BCUT2D eigenvalue weighted by Gasteiger charge is -2.22. The number of carboxylic acids is 2. The molecule has 6 heteroatoms. The molecular formula is C8H12I2O4. The van der Waals surface area contributed by atoms with Gasteiger partial charge in [0.25, 0.3) is 0 Å². The highest BCUT2D eigenvalue weighted by atomic mass is 127. The number of aliphatic carboxylic acids is 2. The van der Waals surface area contributed by atoms with Gasteiger partial charge >= 0.3 is 11.9 Å². The molecule has 2 unspecified atom stereocenters. The monoisotopic (exact) mass is 426 g/mol. The second-order valence-electron chi connectivity index (χ2n) is 3.51. The lowest BCUT2D eigenvalue weighted by molar-refractivity contribution is -0.141. The Morgan fingerprint density at radius 1 is 1.00 bits per heavy atom. The molecule has 2 atom stereocenters. The van der Waals surface area contributed by atoms with Gasteiger partial charge in [-0.05, 0) is 26.7 Å². The Morgan fingerprint density at radius 2 is 1.21 bits per heavy atom. The van der Waals surface area contributed by atoms with Crippen LogP contribution in [0.4, 0.5) is 0 Å². The van der Waals surface area contributed by atoms with Gasteiger partial charge in [0, 0.05) is 0 Å². The van der Waals surface area contributed by atoms with Crippen LogP contribution >= 0.6 is 45.2 Å². The van der Waals surface area contributed by atoms with Crippen molar-refractivity contribution in [3.05, 3.63) is 0 Å². The Balaban J connectivity index is 4.32. The molecule has 4 nitrogen and oxygen atoms in total. The molecule has 0 saturated heterocycles. The van der Waals surface area contributed by atoms with Gasteiger partial charge in [-0.25, -0.2) is 0 Å². The van der Waals surface area contributed by atoms with Crippen molar-refractivity contribution in [3.8, 4) is 0 Å². The Bertz CT molecular complexity index is 222. The highest BCUT2D eigenvalue weighted by Crippen LogP contribution is 2.32. The van der Waals surface area contributed by atoms with E-state index in [-0.39, 0.29) is 0 Å². The normalized spacial score (nSPS) is 19.4. The Morgan fingerprint density at radius 3 is 1.36 bits per heavy atom. The van der Waals surface area contributed by atoms with Crippen molar-refractivity contribution in [2.45, 2.75) is 33.5 Å². The maximum atomic E-state index is 10.8. The van der Waals surface area contributed by atoms with Crippen molar-refractivity contribution >= 4 is 57.1 Å². The largest absolute Gasteiger partial charge is 0.480 e. The van der Waals surface area contributed by atoms with Crippen molar-refractivity contribution in [3.63, 3.8) is 0 Å². The van der Waals surface area contributed by atoms with Crippen LogP contribution < -0.4 is 0 Å². The van der Waals surface area contributed by atoms with Crippen molar-refractivity contribution in [1.29, 1.82) is 0 Å². The molecule has 0 bridgehead atoms. The van der Waals surface area contributed by atoms with Gasteiger partial charge in [-0.3, -0.25) is 9.59 Å². The van der Waals surface area contributed by atoms with E-state index in [9.17, 15) is 9.59 Å². The Kier molecular flexibility index (Phi) is 5.09. The number of hydrogen-bond acceptors (Lipinski definition) is 2. The minimum absolute atomic E-state index is 0.342. The molecule has 14 heavy (non-hydrogen) atoms. The van der Waals surface area contributed by atoms with Crippen LogP contribution in [0.3, 0.4) is 0 Å². The topological polar surface area (TPSA) is 74.6 Å². The van der Waals surface area contributed by atoms with Crippen molar-refractivity contribution in [1.82, 2.24) is 0 Å². The fourth-order valence-electron chi connectivity index (χ4n) is 0.683. The van der Waals surface area contributed by atoms with Crippen LogP contribution in [0, 0.1) is 0 Å². The van der Waals surface area contributed by atoms with E-state index in [0.717, 1.165) is 0 Å². The SMILES string of the molecule is CC(I)(CCC(C)(I)C(=O)O)C(=O)O. The predicted molar refractivity (Wildman–Crippen MR) is 69.4 cm³/mol. The second kappa shape index (κ2) is 4.95. The molecule has 0 radical (unpaired) electrons. The standard InChI is InChI=1S/C8H12I2O4/c1-7(9,5(11)12)3-4-8(2,10)6(13)14/h3-4H2,1-2H3,(H,11,12)(H,13,14). The summed E-state index contributed by atoms with van der Waals surface area (Å²) in [6.45, 7) is 3.18. The highest BCUT2D eigenvalue weighted by molar-refractivity contribution is 14.1. The summed E-state index contributed by atoms with van der Waals surface area (Å²) in [7, 11) is 0. The third-order valence-corrected chi connectivity index (χ3v) is 3.96. The van der Waals surface area contributed by atoms with Crippen LogP contribution in [0.25, 0.3) is 0 Å². The van der Waals surface area contributed by atoms with Crippen LogP contribution in [0.15, 0.2) is 0 Å². The molecule has 0 heterocycles. The van der Waals surface area contributed by atoms with Crippen LogP contribution in [0.5, 0.6) is 0 Å². The molecule has 0 aliphatic heterocycles. The smallest absolute Gasteiger partial charge is 0.319 e. The zero-order valence-corrected chi connectivity index (χ0v) is 12.2. The summed E-state index contributed by atoms with van der Waals surface area (Å²) in [4.78, 5) is 21.5. The van der Waals surface area contributed by atoms with E-state index in [1.54, 1.807) is 13.8 Å². The van der Waals surface area contributed by atoms with E-state index in [0.29, 0.717) is 12.8 Å². The molecule has 82 valence electrons. The van der Waals surface area contributed by atoms with E-state index in [1.807, 2.05) is 45.2 Å². The molecule has 0 aliphatic carbocycles. The fraction of sp³-hybridized carbons (Fsp3) is 0.750. The third-order valence-electron chi connectivity index (χ3n) is 1.96. The number of carbonyl (C=O) groups is 2. The minimum Gasteiger partial charge on any atom is -0.480 e. The van der Waals surface area contributed by atoms with Crippen molar-refractivity contribution in [2.24, 2.45) is 0 Å². The number of carboxylic acid groups (broad SMARTS) is 2. The van der Waals surface area contributed by atoms with Crippen LogP contribution in [-0.4, -0.2) is 29.0 Å². The maximum Gasteiger partial charge on any atom is 0.319 e. The summed E-state index contributed by atoms with van der Waals surface area (Å²) in [6, 6.07) is 0. The number of rotatable bonds is 5. The lowest BCUT2D eigenvalue weighted by Crippen LogP contribution is -2.34. The molecule has 0 rings (SSSR count). The third kappa shape index (κ3) is 4.28. The van der Waals surface area contributed by atoms with E-state index < -0.39 is 18.8 Å². The summed E-state index contributed by atoms with van der Waals surface area (Å²) in [6.07, 6.45) is 0.684. The fourth-order valence-corrected chi connectivity index (χ4v) is 1.22. The summed E-state index contributed by atoms with van der Waals surface area (Å²) in [5.74, 6) is -1.81. The maximum absolute atomic E-state index is 10.8. The van der Waals surface area contributed by atoms with Gasteiger partial charge in [-0.2, -0.15) is 0 Å². The van der Waals surface area contributed by atoms with Gasteiger partial charge in [0.15, 0.2) is 0 Å². The zero-order valence-electron chi connectivity index (χ0n) is 7.88. The zero-order chi connectivity index (χ0) is 11.6. The first-order valence-corrected chi connectivity index (χ1v) is 6.10. The summed E-state index contributed by atoms with van der Waals surface area (Å²) < 4.78 is -1.78. The molecular weight excluding hydrogens is 414 g/mol. The van der Waals surface area contributed by atoms with Gasteiger partial charge < -0.3 is 10.2 Å². The van der Waals surface area contributed by atoms with Crippen LogP contribution in [0.1, 0.15) is 26.7 Å². The Hall–Kier alpha value is 0.400. The van der Waals surface area contributed by atoms with Crippen LogP contribution in [0.2, 0.25) is 0 Å². The Labute approximate surface area is 110 Å². The van der Waals surface area contributed by atoms with Crippen LogP contribution in [-0.2, 0) is 9.59 Å². The number of halogens is 2. The molecule has 0 spiro atoms. The first kappa shape index (κ1) is 14.4. The summed E-state index contributed by atoms with van der Waals surface area (Å²) in [5, 5.41) is 17.6. The van der Waals surface area contributed by atoms with Crippen molar-refractivity contribution in [2.75, 3.05) is 0 Å². The van der Waals surface area contributed by atoms with Crippen molar-refractivity contribution < 1.29 is 19.8 Å². The van der Waals surface area contributed by atoms with E-state index in [2.05, 4.69) is 0 Å². The van der Waals surface area contributed by atoms with Gasteiger partial charge in [-0.15, -0.1) is 0 Å². The molecule has 0 aliphatic rings. The van der Waals surface area contributed by atoms with Gasteiger partial charge in [0.05, 0.1) is 0 Å². The van der Waals surface area contributed by atoms with E-state index in [1.165, 1.54) is 0 Å². The van der Waals surface area contributed by atoms with E-state index in [4.69, 9.17) is 10.2 Å². The number of hydrogen-bond donors (Lipinski definition) is 2. The second-order valence-corrected chi connectivity index (χ2v) is 8.27. The quantitative estimate of drug-likeness (QED) is 0.523. The lowest BCUT2D eigenvalue weighted by atomic mass is 9.98. The van der Waals surface area contributed by atoms with Gasteiger partial charge in [0.2, 0.25) is 0 Å². The molecule has 0 aromatic heterocycles. The summed E-state index contributed by atoms with van der Waals surface area (Å²) >= 11 is 3.67. The van der Waals surface area contributed by atoms with E-state index >= 15 is 0 Å². The molecule has 0 aromatic rings. The minimum atomic E-state index is -0.907. The predicted octanol–water partition coefficient (Wildman–Crippen LogP) is 2.32. The average Bonchev–Trinajstić information content (AvgIpc) is 2.01. The average molecular weight is 426 g/mol.